The number of amidine groups is 1. The molecule has 2 heterocycles. The minimum absolute atomic E-state index is 0.00230. The highest BCUT2D eigenvalue weighted by molar-refractivity contribution is 6.30. The zero-order valence-electron chi connectivity index (χ0n) is 16.4. The monoisotopic (exact) mass is 376 g/mol. The predicted molar refractivity (Wildman–Crippen MR) is 109 cm³/mol. The number of aliphatic imine (C=N–C) groups is 1. The maximum Gasteiger partial charge on any atom is 0.250 e. The van der Waals surface area contributed by atoms with Crippen molar-refractivity contribution in [1.29, 1.82) is 0 Å². The van der Waals surface area contributed by atoms with Crippen LogP contribution in [0.2, 0.25) is 5.15 Å². The summed E-state index contributed by atoms with van der Waals surface area (Å²) in [5, 5.41) is 0.439. The van der Waals surface area contributed by atoms with E-state index in [4.69, 9.17) is 17.3 Å². The summed E-state index contributed by atoms with van der Waals surface area (Å²) in [6, 6.07) is 1.93. The van der Waals surface area contributed by atoms with Gasteiger partial charge in [0.15, 0.2) is 0 Å². The van der Waals surface area contributed by atoms with E-state index in [1.165, 1.54) is 0 Å². The smallest absolute Gasteiger partial charge is 0.250 e. The molecule has 0 aliphatic carbocycles. The molecule has 5 nitrogen and oxygen atoms in total. The first-order valence-electron chi connectivity index (χ1n) is 9.21. The molecule has 0 atom stereocenters. The quantitative estimate of drug-likeness (QED) is 0.771. The van der Waals surface area contributed by atoms with Crippen LogP contribution < -0.4 is 5.73 Å². The zero-order chi connectivity index (χ0) is 19.5. The van der Waals surface area contributed by atoms with Gasteiger partial charge in [0.2, 0.25) is 5.91 Å². The Morgan fingerprint density at radius 3 is 2.42 bits per heavy atom. The SMILES string of the molecule is CCCN(CCC)C(=O)C1=Cc2nc(Cl)c(C(C)(C)C)cc2N=C(N)C1. The van der Waals surface area contributed by atoms with Gasteiger partial charge in [-0.15, -0.1) is 0 Å². The van der Waals surface area contributed by atoms with Crippen LogP contribution in [0, 0.1) is 0 Å². The van der Waals surface area contributed by atoms with Crippen LogP contribution in [0.25, 0.3) is 6.08 Å². The molecular formula is C20H29ClN4O. The highest BCUT2D eigenvalue weighted by atomic mass is 35.5. The molecule has 26 heavy (non-hydrogen) atoms. The lowest BCUT2D eigenvalue weighted by Crippen LogP contribution is -2.34. The van der Waals surface area contributed by atoms with Crippen LogP contribution in [0.3, 0.4) is 0 Å². The third-order valence-corrected chi connectivity index (χ3v) is 4.58. The largest absolute Gasteiger partial charge is 0.387 e. The number of pyridine rings is 1. The van der Waals surface area contributed by atoms with Crippen LogP contribution in [0.1, 0.15) is 65.1 Å². The number of hydrogen-bond donors (Lipinski definition) is 1. The van der Waals surface area contributed by atoms with Crippen LogP contribution in [-0.2, 0) is 10.2 Å². The lowest BCUT2D eigenvalue weighted by atomic mass is 9.88. The van der Waals surface area contributed by atoms with E-state index in [1.54, 1.807) is 6.08 Å². The van der Waals surface area contributed by atoms with Gasteiger partial charge in [0.1, 0.15) is 11.0 Å². The van der Waals surface area contributed by atoms with Crippen molar-refractivity contribution >= 4 is 35.1 Å². The number of nitrogens with zero attached hydrogens (tertiary/aromatic N) is 3. The molecular weight excluding hydrogens is 348 g/mol. The second-order valence-electron chi connectivity index (χ2n) is 7.72. The Bertz CT molecular complexity index is 741. The van der Waals surface area contributed by atoms with Gasteiger partial charge in [-0.2, -0.15) is 0 Å². The molecule has 0 fully saturated rings. The van der Waals surface area contributed by atoms with Gasteiger partial charge in [-0.3, -0.25) is 4.79 Å². The Morgan fingerprint density at radius 1 is 1.27 bits per heavy atom. The molecule has 0 saturated heterocycles. The lowest BCUT2D eigenvalue weighted by molar-refractivity contribution is -0.127. The predicted octanol–water partition coefficient (Wildman–Crippen LogP) is 4.46. The summed E-state index contributed by atoms with van der Waals surface area (Å²) in [7, 11) is 0. The van der Waals surface area contributed by atoms with Gasteiger partial charge in [0.05, 0.1) is 11.4 Å². The molecule has 0 bridgehead atoms. The molecule has 1 aromatic heterocycles. The minimum atomic E-state index is -0.156. The van der Waals surface area contributed by atoms with E-state index >= 15 is 0 Å². The van der Waals surface area contributed by atoms with Gasteiger partial charge in [-0.05, 0) is 36.0 Å². The number of nitrogens with two attached hydrogens (primary N) is 1. The Balaban J connectivity index is 2.49. The van der Waals surface area contributed by atoms with Crippen LogP contribution in [0.5, 0.6) is 0 Å². The summed E-state index contributed by atoms with van der Waals surface area (Å²) in [6.07, 6.45) is 3.94. The van der Waals surface area contributed by atoms with Crippen LogP contribution in [0.4, 0.5) is 5.69 Å². The van der Waals surface area contributed by atoms with E-state index in [2.05, 4.69) is 44.6 Å². The molecule has 0 aromatic carbocycles. The van der Waals surface area contributed by atoms with Crippen molar-refractivity contribution < 1.29 is 4.79 Å². The van der Waals surface area contributed by atoms with E-state index in [0.29, 0.717) is 34.4 Å². The van der Waals surface area contributed by atoms with Crippen LogP contribution >= 0.6 is 11.6 Å². The van der Waals surface area contributed by atoms with Gasteiger partial charge in [-0.1, -0.05) is 46.2 Å². The van der Waals surface area contributed by atoms with E-state index in [9.17, 15) is 4.79 Å². The van der Waals surface area contributed by atoms with E-state index in [0.717, 1.165) is 31.5 Å². The van der Waals surface area contributed by atoms with Gasteiger partial charge in [0.25, 0.3) is 0 Å². The number of halogens is 1. The van der Waals surface area contributed by atoms with Gasteiger partial charge < -0.3 is 10.6 Å². The first-order valence-corrected chi connectivity index (χ1v) is 9.59. The highest BCUT2D eigenvalue weighted by Crippen LogP contribution is 2.35. The fourth-order valence-electron chi connectivity index (χ4n) is 3.02. The molecule has 1 amide bonds. The van der Waals surface area contributed by atoms with Crippen molar-refractivity contribution in [1.82, 2.24) is 9.88 Å². The molecule has 142 valence electrons. The summed E-state index contributed by atoms with van der Waals surface area (Å²) in [5.41, 5.74) is 8.73. The van der Waals surface area contributed by atoms with Crippen molar-refractivity contribution in [2.75, 3.05) is 13.1 Å². The van der Waals surface area contributed by atoms with Crippen molar-refractivity contribution in [2.24, 2.45) is 10.7 Å². The first-order chi connectivity index (χ1) is 12.2. The topological polar surface area (TPSA) is 71.6 Å². The number of rotatable bonds is 5. The van der Waals surface area contributed by atoms with Crippen LogP contribution in [0.15, 0.2) is 16.6 Å². The molecule has 1 aromatic rings. The molecule has 1 aliphatic rings. The van der Waals surface area contributed by atoms with Crippen molar-refractivity contribution in [2.45, 2.75) is 59.3 Å². The number of amides is 1. The summed E-state index contributed by atoms with van der Waals surface area (Å²) in [6.45, 7) is 11.8. The molecule has 0 saturated carbocycles. The molecule has 0 unspecified atom stereocenters. The Kier molecular flexibility index (Phi) is 6.45. The fraction of sp³-hybridized carbons (Fsp3) is 0.550. The maximum absolute atomic E-state index is 13.0. The Morgan fingerprint density at radius 2 is 1.88 bits per heavy atom. The number of fused-ring (bicyclic) bond motifs is 1. The Hall–Kier alpha value is -1.88. The average molecular weight is 377 g/mol. The van der Waals surface area contributed by atoms with Gasteiger partial charge in [-0.25, -0.2) is 9.98 Å². The molecule has 6 heteroatoms. The van der Waals surface area contributed by atoms with E-state index in [1.807, 2.05) is 11.0 Å². The van der Waals surface area contributed by atoms with Crippen molar-refractivity contribution in [3.63, 3.8) is 0 Å². The van der Waals surface area contributed by atoms with Crippen LogP contribution in [-0.4, -0.2) is 34.7 Å². The van der Waals surface area contributed by atoms with Crippen molar-refractivity contribution in [3.05, 3.63) is 28.0 Å². The summed E-state index contributed by atoms with van der Waals surface area (Å²) in [4.78, 5) is 23.9. The van der Waals surface area contributed by atoms with E-state index < -0.39 is 0 Å². The summed E-state index contributed by atoms with van der Waals surface area (Å²) in [5.74, 6) is 0.415. The van der Waals surface area contributed by atoms with Gasteiger partial charge >= 0.3 is 0 Å². The number of aromatic nitrogens is 1. The van der Waals surface area contributed by atoms with E-state index in [-0.39, 0.29) is 11.3 Å². The standard InChI is InChI=1S/C20H29ClN4O/c1-6-8-25(9-7-2)19(26)13-10-15-16(23-17(22)11-13)12-14(18(21)24-15)20(3,4)5/h10,12H,6-9,11H2,1-5H3,(H2,22,23). The molecule has 1 aliphatic heterocycles. The molecule has 0 spiro atoms. The lowest BCUT2D eigenvalue weighted by Gasteiger charge is -2.23. The summed E-state index contributed by atoms with van der Waals surface area (Å²) < 4.78 is 0. The normalized spacial score (nSPS) is 14.2. The zero-order valence-corrected chi connectivity index (χ0v) is 17.2. The maximum atomic E-state index is 13.0. The second-order valence-corrected chi connectivity index (χ2v) is 8.08. The second kappa shape index (κ2) is 8.21. The third-order valence-electron chi connectivity index (χ3n) is 4.29. The number of carbonyl (C=O) groups is 1. The third kappa shape index (κ3) is 4.64. The highest BCUT2D eigenvalue weighted by Gasteiger charge is 2.24. The number of carbonyl (C=O) groups excluding carboxylic acids is 1. The molecule has 2 rings (SSSR count). The number of hydrogen-bond acceptors (Lipinski definition) is 4. The molecule has 0 radical (unpaired) electrons. The summed E-state index contributed by atoms with van der Waals surface area (Å²) >= 11 is 6.41. The first kappa shape index (κ1) is 20.4. The van der Waals surface area contributed by atoms with Gasteiger partial charge in [0, 0.05) is 25.1 Å². The minimum Gasteiger partial charge on any atom is -0.387 e. The van der Waals surface area contributed by atoms with Crippen molar-refractivity contribution in [3.8, 4) is 0 Å². The fourth-order valence-corrected chi connectivity index (χ4v) is 3.44. The molecule has 2 N–H and O–H groups in total. The Labute approximate surface area is 161 Å². The average Bonchev–Trinajstić information content (AvgIpc) is 2.70.